The Morgan fingerprint density at radius 3 is 2.45 bits per heavy atom. The Labute approximate surface area is 185 Å². The molecule has 7 heteroatoms. The van der Waals surface area contributed by atoms with Gasteiger partial charge >= 0.3 is 0 Å². The molecule has 2 fully saturated rings. The van der Waals surface area contributed by atoms with Crippen LogP contribution in [0.5, 0.6) is 5.75 Å². The summed E-state index contributed by atoms with van der Waals surface area (Å²) in [6, 6.07) is 7.38. The Kier molecular flexibility index (Phi) is 8.32. The number of carbonyl (C=O) groups is 3. The van der Waals surface area contributed by atoms with Crippen molar-refractivity contribution >= 4 is 17.7 Å². The molecule has 0 aromatic heterocycles. The fourth-order valence-electron chi connectivity index (χ4n) is 4.43. The highest BCUT2D eigenvalue weighted by Crippen LogP contribution is 2.28. The van der Waals surface area contributed by atoms with Crippen molar-refractivity contribution in [2.75, 3.05) is 32.8 Å². The first-order valence-electron chi connectivity index (χ1n) is 11.6. The van der Waals surface area contributed by atoms with Gasteiger partial charge in [-0.2, -0.15) is 0 Å². The number of hydrogen-bond acceptors (Lipinski definition) is 4. The maximum Gasteiger partial charge on any atom is 0.260 e. The van der Waals surface area contributed by atoms with Crippen LogP contribution in [-0.4, -0.2) is 60.3 Å². The summed E-state index contributed by atoms with van der Waals surface area (Å²) < 4.78 is 5.89. The first-order chi connectivity index (χ1) is 15.0. The molecule has 170 valence electrons. The number of carbonyl (C=O) groups excluding carboxylic acids is 3. The van der Waals surface area contributed by atoms with Crippen molar-refractivity contribution in [1.29, 1.82) is 0 Å². The van der Waals surface area contributed by atoms with E-state index in [2.05, 4.69) is 5.32 Å². The molecule has 0 radical (unpaired) electrons. The van der Waals surface area contributed by atoms with E-state index in [0.29, 0.717) is 25.1 Å². The maximum absolute atomic E-state index is 13.0. The molecule has 1 aromatic carbocycles. The Bertz CT molecular complexity index is 776. The number of para-hydroxylation sites is 1. The molecule has 2 heterocycles. The lowest BCUT2D eigenvalue weighted by molar-refractivity contribution is -0.136. The predicted molar refractivity (Wildman–Crippen MR) is 119 cm³/mol. The average molecular weight is 430 g/mol. The van der Waals surface area contributed by atoms with Gasteiger partial charge in [-0.1, -0.05) is 32.0 Å². The van der Waals surface area contributed by atoms with Gasteiger partial charge in [-0.3, -0.25) is 14.4 Å². The van der Waals surface area contributed by atoms with Crippen LogP contribution < -0.4 is 10.1 Å². The molecule has 1 N–H and O–H groups in total. The van der Waals surface area contributed by atoms with Gasteiger partial charge in [-0.25, -0.2) is 0 Å². The lowest BCUT2D eigenvalue weighted by atomic mass is 9.95. The lowest BCUT2D eigenvalue weighted by Gasteiger charge is -2.33. The van der Waals surface area contributed by atoms with Gasteiger partial charge in [0.15, 0.2) is 6.61 Å². The molecular weight excluding hydrogens is 394 g/mol. The molecule has 2 aliphatic heterocycles. The minimum atomic E-state index is -0.206. The highest BCUT2D eigenvalue weighted by atomic mass is 16.5. The molecule has 0 saturated carbocycles. The molecule has 0 spiro atoms. The standard InChI is InChI=1S/C24H35N3O4/c1-3-20(25-24(30)18-10-9-15-27(16-18)22(28)4-2)19-11-5-6-12-21(19)31-17-23(29)26-13-7-8-14-26/h5-6,11-12,18,20H,3-4,7-10,13-17H2,1-2H3,(H,25,30). The van der Waals surface area contributed by atoms with Crippen LogP contribution in [0.25, 0.3) is 0 Å². The molecule has 0 aliphatic carbocycles. The zero-order chi connectivity index (χ0) is 22.2. The number of ether oxygens (including phenoxy) is 1. The summed E-state index contributed by atoms with van der Waals surface area (Å²) in [6.07, 6.45) is 4.91. The number of likely N-dealkylation sites (tertiary alicyclic amines) is 2. The van der Waals surface area contributed by atoms with Crippen LogP contribution in [0.2, 0.25) is 0 Å². The zero-order valence-electron chi connectivity index (χ0n) is 18.8. The number of rotatable bonds is 8. The third-order valence-electron chi connectivity index (χ3n) is 6.28. The molecule has 2 atom stereocenters. The molecule has 1 aromatic rings. The third-order valence-corrected chi connectivity index (χ3v) is 6.28. The second-order valence-corrected chi connectivity index (χ2v) is 8.42. The zero-order valence-corrected chi connectivity index (χ0v) is 18.8. The molecule has 2 saturated heterocycles. The Hall–Kier alpha value is -2.57. The normalized spacial score (nSPS) is 19.7. The minimum Gasteiger partial charge on any atom is -0.483 e. The largest absolute Gasteiger partial charge is 0.483 e. The van der Waals surface area contributed by atoms with Crippen molar-refractivity contribution < 1.29 is 19.1 Å². The first-order valence-corrected chi connectivity index (χ1v) is 11.6. The summed E-state index contributed by atoms with van der Waals surface area (Å²) in [5, 5.41) is 3.16. The van der Waals surface area contributed by atoms with Gasteiger partial charge in [-0.05, 0) is 38.2 Å². The van der Waals surface area contributed by atoms with Crippen molar-refractivity contribution in [3.8, 4) is 5.75 Å². The Morgan fingerprint density at radius 1 is 1.03 bits per heavy atom. The van der Waals surface area contributed by atoms with Crippen LogP contribution in [0.15, 0.2) is 24.3 Å². The average Bonchev–Trinajstić information content (AvgIpc) is 3.36. The van der Waals surface area contributed by atoms with E-state index in [-0.39, 0.29) is 36.3 Å². The number of piperidine rings is 1. The number of nitrogens with zero attached hydrogens (tertiary/aromatic N) is 2. The van der Waals surface area contributed by atoms with Crippen molar-refractivity contribution in [2.45, 2.75) is 58.4 Å². The van der Waals surface area contributed by atoms with Crippen LogP contribution in [0.1, 0.15) is 64.0 Å². The van der Waals surface area contributed by atoms with E-state index >= 15 is 0 Å². The van der Waals surface area contributed by atoms with Gasteiger partial charge in [0.05, 0.1) is 12.0 Å². The number of hydrogen-bond donors (Lipinski definition) is 1. The van der Waals surface area contributed by atoms with E-state index in [1.165, 1.54) is 0 Å². The second kappa shape index (κ2) is 11.2. The van der Waals surface area contributed by atoms with Crippen LogP contribution in [0, 0.1) is 5.92 Å². The monoisotopic (exact) mass is 429 g/mol. The van der Waals surface area contributed by atoms with Gasteiger partial charge in [0.2, 0.25) is 11.8 Å². The first kappa shape index (κ1) is 23.1. The van der Waals surface area contributed by atoms with Crippen molar-refractivity contribution in [1.82, 2.24) is 15.1 Å². The van der Waals surface area contributed by atoms with Crippen LogP contribution in [0.4, 0.5) is 0 Å². The summed E-state index contributed by atoms with van der Waals surface area (Å²) in [7, 11) is 0. The van der Waals surface area contributed by atoms with Gasteiger partial charge < -0.3 is 19.9 Å². The highest BCUT2D eigenvalue weighted by Gasteiger charge is 2.29. The molecule has 2 aliphatic rings. The molecular formula is C24H35N3O4. The molecule has 7 nitrogen and oxygen atoms in total. The van der Waals surface area contributed by atoms with Gasteiger partial charge in [-0.15, -0.1) is 0 Å². The SMILES string of the molecule is CCC(=O)N1CCCC(C(=O)NC(CC)c2ccccc2OCC(=O)N2CCCC2)C1. The van der Waals surface area contributed by atoms with Gasteiger partial charge in [0, 0.05) is 38.2 Å². The van der Waals surface area contributed by atoms with E-state index in [0.717, 1.165) is 50.9 Å². The summed E-state index contributed by atoms with van der Waals surface area (Å²) in [4.78, 5) is 41.1. The quantitative estimate of drug-likeness (QED) is 0.689. The van der Waals surface area contributed by atoms with Crippen LogP contribution >= 0.6 is 0 Å². The third kappa shape index (κ3) is 5.99. The van der Waals surface area contributed by atoms with Gasteiger partial charge in [0.25, 0.3) is 5.91 Å². The highest BCUT2D eigenvalue weighted by molar-refractivity contribution is 5.81. The van der Waals surface area contributed by atoms with E-state index in [1.54, 1.807) is 4.90 Å². The fourth-order valence-corrected chi connectivity index (χ4v) is 4.43. The Morgan fingerprint density at radius 2 is 1.74 bits per heavy atom. The maximum atomic E-state index is 13.0. The van der Waals surface area contributed by atoms with Crippen LogP contribution in [-0.2, 0) is 14.4 Å². The lowest BCUT2D eigenvalue weighted by Crippen LogP contribution is -2.46. The molecule has 3 rings (SSSR count). The molecule has 3 amide bonds. The number of amides is 3. The van der Waals surface area contributed by atoms with E-state index < -0.39 is 0 Å². The predicted octanol–water partition coefficient (Wildman–Crippen LogP) is 2.90. The summed E-state index contributed by atoms with van der Waals surface area (Å²) in [5.74, 6) is 0.526. The molecule has 31 heavy (non-hydrogen) atoms. The minimum absolute atomic E-state index is 0.00674. The number of benzene rings is 1. The van der Waals surface area contributed by atoms with E-state index in [9.17, 15) is 14.4 Å². The number of nitrogens with one attached hydrogen (secondary N) is 1. The molecule has 2 unspecified atom stereocenters. The van der Waals surface area contributed by atoms with Crippen molar-refractivity contribution in [3.05, 3.63) is 29.8 Å². The van der Waals surface area contributed by atoms with Crippen molar-refractivity contribution in [3.63, 3.8) is 0 Å². The topological polar surface area (TPSA) is 79.0 Å². The smallest absolute Gasteiger partial charge is 0.260 e. The summed E-state index contributed by atoms with van der Waals surface area (Å²) in [6.45, 7) is 6.70. The fraction of sp³-hybridized carbons (Fsp3) is 0.625. The second-order valence-electron chi connectivity index (χ2n) is 8.42. The summed E-state index contributed by atoms with van der Waals surface area (Å²) in [5.41, 5.74) is 0.880. The molecule has 0 bridgehead atoms. The van der Waals surface area contributed by atoms with Crippen molar-refractivity contribution in [2.24, 2.45) is 5.92 Å². The van der Waals surface area contributed by atoms with Gasteiger partial charge in [0.1, 0.15) is 5.75 Å². The van der Waals surface area contributed by atoms with Crippen LogP contribution in [0.3, 0.4) is 0 Å². The van der Waals surface area contributed by atoms with E-state index in [1.807, 2.05) is 43.0 Å². The summed E-state index contributed by atoms with van der Waals surface area (Å²) >= 11 is 0. The van der Waals surface area contributed by atoms with E-state index in [4.69, 9.17) is 4.74 Å². The Balaban J connectivity index is 1.63.